The number of nitrogens with one attached hydrogen (secondary N) is 1. The molecule has 2 rings (SSSR count). The molecule has 7 nitrogen and oxygen atoms in total. The Labute approximate surface area is 174 Å². The largest absolute Gasteiger partial charge is 0.341 e. The summed E-state index contributed by atoms with van der Waals surface area (Å²) in [5.74, 6) is -0.0594. The second kappa shape index (κ2) is 11.0. The van der Waals surface area contributed by atoms with Crippen LogP contribution < -0.4 is 10.2 Å². The Hall–Kier alpha value is -2.41. The number of amides is 3. The molecule has 0 saturated carbocycles. The smallest absolute Gasteiger partial charge is 0.244 e. The molecule has 1 aromatic carbocycles. The third-order valence-electron chi connectivity index (χ3n) is 5.14. The summed E-state index contributed by atoms with van der Waals surface area (Å²) in [7, 11) is 0. The lowest BCUT2D eigenvalue weighted by Gasteiger charge is -2.30. The second-order valence-corrected chi connectivity index (χ2v) is 7.81. The second-order valence-electron chi connectivity index (χ2n) is 7.81. The normalized spacial score (nSPS) is 13.4. The number of carbonyl (C=O) groups excluding carboxylic acids is 3. The molecule has 0 saturated heterocycles. The van der Waals surface area contributed by atoms with E-state index >= 15 is 0 Å². The highest BCUT2D eigenvalue weighted by Gasteiger charge is 2.27. The van der Waals surface area contributed by atoms with Gasteiger partial charge in [0.25, 0.3) is 0 Å². The fourth-order valence-electron chi connectivity index (χ4n) is 3.52. The van der Waals surface area contributed by atoms with Gasteiger partial charge in [-0.1, -0.05) is 39.8 Å². The third-order valence-corrected chi connectivity index (χ3v) is 5.14. The van der Waals surface area contributed by atoms with Gasteiger partial charge in [0, 0.05) is 32.5 Å². The summed E-state index contributed by atoms with van der Waals surface area (Å²) in [6.07, 6.45) is 0.254. The highest BCUT2D eigenvalue weighted by Crippen LogP contribution is 2.29. The molecule has 1 aliphatic rings. The summed E-state index contributed by atoms with van der Waals surface area (Å²) < 4.78 is 0. The van der Waals surface area contributed by atoms with Crippen molar-refractivity contribution in [1.29, 1.82) is 0 Å². The van der Waals surface area contributed by atoms with E-state index in [1.54, 1.807) is 6.07 Å². The number of benzene rings is 1. The van der Waals surface area contributed by atoms with Gasteiger partial charge in [0.05, 0.1) is 11.4 Å². The van der Waals surface area contributed by atoms with Gasteiger partial charge >= 0.3 is 0 Å². The first-order valence-electron chi connectivity index (χ1n) is 10.5. The molecule has 0 spiro atoms. The van der Waals surface area contributed by atoms with Crippen LogP contribution in [-0.2, 0) is 14.4 Å². The third kappa shape index (κ3) is 6.56. The van der Waals surface area contributed by atoms with Gasteiger partial charge in [0.15, 0.2) is 0 Å². The number of fused-ring (bicyclic) bond motifs is 1. The lowest BCUT2D eigenvalue weighted by molar-refractivity contribution is -0.133. The van der Waals surface area contributed by atoms with E-state index in [2.05, 4.69) is 37.9 Å². The lowest BCUT2D eigenvalue weighted by Crippen LogP contribution is -2.43. The number of hydrogen-bond acceptors (Lipinski definition) is 4. The van der Waals surface area contributed by atoms with Gasteiger partial charge in [-0.25, -0.2) is 0 Å². The van der Waals surface area contributed by atoms with Crippen molar-refractivity contribution in [2.24, 2.45) is 5.92 Å². The van der Waals surface area contributed by atoms with E-state index in [1.807, 2.05) is 23.1 Å². The van der Waals surface area contributed by atoms with Crippen molar-refractivity contribution >= 4 is 29.1 Å². The molecule has 1 aromatic rings. The van der Waals surface area contributed by atoms with E-state index in [0.717, 1.165) is 19.6 Å². The van der Waals surface area contributed by atoms with Crippen LogP contribution >= 0.6 is 0 Å². The fraction of sp³-hybridized carbons (Fsp3) is 0.591. The molecule has 0 atom stereocenters. The molecular weight excluding hydrogens is 368 g/mol. The van der Waals surface area contributed by atoms with E-state index in [-0.39, 0.29) is 37.1 Å². The Morgan fingerprint density at radius 1 is 1.10 bits per heavy atom. The van der Waals surface area contributed by atoms with Gasteiger partial charge in [-0.15, -0.1) is 0 Å². The molecule has 0 unspecified atom stereocenters. The number of hydrogen-bond donors (Lipinski definition) is 1. The summed E-state index contributed by atoms with van der Waals surface area (Å²) in [6.45, 7) is 12.5. The standard InChI is InChI=1S/C22H34N4O3/c1-5-24(6-2)13-14-25(15-17(3)4)21(28)11-12-22(29)26-16-20(27)23-18-9-7-8-10-19(18)26/h7-10,17H,5-6,11-16H2,1-4H3,(H,23,27). The average molecular weight is 403 g/mol. The summed E-state index contributed by atoms with van der Waals surface area (Å²) in [5, 5.41) is 2.78. The van der Waals surface area contributed by atoms with Crippen molar-refractivity contribution in [1.82, 2.24) is 9.80 Å². The molecule has 0 fully saturated rings. The van der Waals surface area contributed by atoms with E-state index in [4.69, 9.17) is 0 Å². The highest BCUT2D eigenvalue weighted by molar-refractivity contribution is 6.10. The Bertz CT molecular complexity index is 716. The molecule has 3 amide bonds. The monoisotopic (exact) mass is 402 g/mol. The van der Waals surface area contributed by atoms with Crippen LogP contribution in [0.1, 0.15) is 40.5 Å². The van der Waals surface area contributed by atoms with Crippen molar-refractivity contribution in [3.8, 4) is 0 Å². The fourth-order valence-corrected chi connectivity index (χ4v) is 3.52. The molecule has 0 aromatic heterocycles. The van der Waals surface area contributed by atoms with Crippen LogP contribution in [0.15, 0.2) is 24.3 Å². The minimum atomic E-state index is -0.218. The van der Waals surface area contributed by atoms with Gasteiger partial charge in [-0.3, -0.25) is 14.4 Å². The van der Waals surface area contributed by atoms with E-state index in [1.165, 1.54) is 4.90 Å². The van der Waals surface area contributed by atoms with E-state index in [9.17, 15) is 14.4 Å². The summed E-state index contributed by atoms with van der Waals surface area (Å²) in [5.41, 5.74) is 1.31. The van der Waals surface area contributed by atoms with E-state index in [0.29, 0.717) is 30.4 Å². The lowest BCUT2D eigenvalue weighted by atomic mass is 10.1. The Morgan fingerprint density at radius 2 is 1.79 bits per heavy atom. The first-order chi connectivity index (χ1) is 13.8. The summed E-state index contributed by atoms with van der Waals surface area (Å²) in [4.78, 5) is 43.2. The predicted molar refractivity (Wildman–Crippen MR) is 116 cm³/mol. The quantitative estimate of drug-likeness (QED) is 0.653. The summed E-state index contributed by atoms with van der Waals surface area (Å²) >= 11 is 0. The molecule has 160 valence electrons. The zero-order valence-corrected chi connectivity index (χ0v) is 18.1. The minimum Gasteiger partial charge on any atom is -0.341 e. The van der Waals surface area contributed by atoms with Crippen molar-refractivity contribution in [3.05, 3.63) is 24.3 Å². The van der Waals surface area contributed by atoms with Crippen LogP contribution in [0.2, 0.25) is 0 Å². The molecule has 0 aliphatic carbocycles. The van der Waals surface area contributed by atoms with Crippen molar-refractivity contribution in [2.75, 3.05) is 49.5 Å². The van der Waals surface area contributed by atoms with Crippen molar-refractivity contribution in [3.63, 3.8) is 0 Å². The first kappa shape index (κ1) is 22.9. The van der Waals surface area contributed by atoms with Crippen LogP contribution in [0.5, 0.6) is 0 Å². The molecule has 1 aliphatic heterocycles. The molecular formula is C22H34N4O3. The molecule has 7 heteroatoms. The molecule has 1 heterocycles. The zero-order valence-electron chi connectivity index (χ0n) is 18.1. The topological polar surface area (TPSA) is 73.0 Å². The maximum atomic E-state index is 12.8. The van der Waals surface area contributed by atoms with Gasteiger partial charge in [-0.05, 0) is 31.1 Å². The number of anilines is 2. The minimum absolute atomic E-state index is 0.00560. The van der Waals surface area contributed by atoms with Crippen LogP contribution in [0.4, 0.5) is 11.4 Å². The highest BCUT2D eigenvalue weighted by atomic mass is 16.2. The van der Waals surface area contributed by atoms with Crippen LogP contribution in [0, 0.1) is 5.92 Å². The Kier molecular flexibility index (Phi) is 8.64. The Balaban J connectivity index is 1.98. The predicted octanol–water partition coefficient (Wildman–Crippen LogP) is 2.58. The molecule has 29 heavy (non-hydrogen) atoms. The van der Waals surface area contributed by atoms with Crippen molar-refractivity contribution in [2.45, 2.75) is 40.5 Å². The Morgan fingerprint density at radius 3 is 2.45 bits per heavy atom. The van der Waals surface area contributed by atoms with E-state index < -0.39 is 0 Å². The average Bonchev–Trinajstić information content (AvgIpc) is 2.70. The number of nitrogens with zero attached hydrogens (tertiary/aromatic N) is 3. The maximum Gasteiger partial charge on any atom is 0.244 e. The van der Waals surface area contributed by atoms with Crippen LogP contribution in [0.25, 0.3) is 0 Å². The maximum absolute atomic E-state index is 12.8. The SMILES string of the molecule is CCN(CC)CCN(CC(C)C)C(=O)CCC(=O)N1CC(=O)Nc2ccccc21. The van der Waals surface area contributed by atoms with Crippen LogP contribution in [-0.4, -0.2) is 66.8 Å². The number of para-hydroxylation sites is 2. The molecule has 0 bridgehead atoms. The first-order valence-corrected chi connectivity index (χ1v) is 10.5. The van der Waals surface area contributed by atoms with Gasteiger partial charge in [0.2, 0.25) is 17.7 Å². The van der Waals surface area contributed by atoms with Crippen molar-refractivity contribution < 1.29 is 14.4 Å². The van der Waals surface area contributed by atoms with Crippen LogP contribution in [0.3, 0.4) is 0 Å². The van der Waals surface area contributed by atoms with Gasteiger partial charge in [-0.2, -0.15) is 0 Å². The van der Waals surface area contributed by atoms with Gasteiger partial charge in [0.1, 0.15) is 6.54 Å². The molecule has 0 radical (unpaired) electrons. The van der Waals surface area contributed by atoms with Gasteiger partial charge < -0.3 is 20.0 Å². The summed E-state index contributed by atoms with van der Waals surface area (Å²) in [6, 6.07) is 7.23. The number of rotatable bonds is 10. The number of likely N-dealkylation sites (N-methyl/N-ethyl adjacent to an activating group) is 1. The zero-order chi connectivity index (χ0) is 21.4. The molecule has 1 N–H and O–H groups in total. The number of carbonyl (C=O) groups is 3.